The number of nitrogens with zero attached hydrogens (tertiary/aromatic N) is 1. The summed E-state index contributed by atoms with van der Waals surface area (Å²) in [6.07, 6.45) is -0.292. The molecule has 2 rings (SSSR count). The van der Waals surface area contributed by atoms with Gasteiger partial charge in [-0.05, 0) is 17.7 Å². The van der Waals surface area contributed by atoms with E-state index < -0.39 is 0 Å². The van der Waals surface area contributed by atoms with Gasteiger partial charge in [0.2, 0.25) is 0 Å². The Labute approximate surface area is 106 Å². The number of rotatable bonds is 3. The van der Waals surface area contributed by atoms with Crippen LogP contribution in [-0.2, 0) is 11.3 Å². The Morgan fingerprint density at radius 2 is 2.06 bits per heavy atom. The molecule has 1 heterocycles. The van der Waals surface area contributed by atoms with Gasteiger partial charge in [-0.25, -0.2) is 0 Å². The number of morpholine rings is 1. The average Bonchev–Trinajstić information content (AvgIpc) is 2.46. The average molecular weight is 251 g/mol. The molecule has 1 saturated heterocycles. The number of ether oxygens (including phenoxy) is 1. The fraction of sp³-hybridized carbons (Fsp3) is 0.462. The first-order chi connectivity index (χ1) is 8.74. The van der Waals surface area contributed by atoms with Crippen LogP contribution in [0.1, 0.15) is 15.9 Å². The molecule has 1 unspecified atom stereocenters. The third kappa shape index (κ3) is 2.87. The molecule has 0 aliphatic carbocycles. The lowest BCUT2D eigenvalue weighted by atomic mass is 10.1. The van der Waals surface area contributed by atoms with Crippen molar-refractivity contribution >= 4 is 5.91 Å². The van der Waals surface area contributed by atoms with Gasteiger partial charge in [-0.2, -0.15) is 0 Å². The molecular weight excluding hydrogens is 234 g/mol. The molecule has 0 aromatic heterocycles. The summed E-state index contributed by atoms with van der Waals surface area (Å²) in [5, 5.41) is 18.0. The first-order valence-electron chi connectivity index (χ1n) is 5.96. The van der Waals surface area contributed by atoms with E-state index >= 15 is 0 Å². The van der Waals surface area contributed by atoms with E-state index in [-0.39, 0.29) is 25.2 Å². The predicted octanol–water partition coefficient (Wildman–Crippen LogP) is 0.0122. The molecule has 1 aliphatic rings. The SMILES string of the molecule is O=C(c1ccc(CO)cc1)N1CCOC(CO)C1. The highest BCUT2D eigenvalue weighted by molar-refractivity contribution is 5.94. The predicted molar refractivity (Wildman–Crippen MR) is 65.1 cm³/mol. The van der Waals surface area contributed by atoms with Gasteiger partial charge < -0.3 is 19.8 Å². The topological polar surface area (TPSA) is 70.0 Å². The molecule has 1 aliphatic heterocycles. The molecule has 0 saturated carbocycles. The van der Waals surface area contributed by atoms with Crippen LogP contribution in [0.25, 0.3) is 0 Å². The summed E-state index contributed by atoms with van der Waals surface area (Å²) in [6.45, 7) is 1.30. The fourth-order valence-electron chi connectivity index (χ4n) is 1.95. The van der Waals surface area contributed by atoms with Crippen molar-refractivity contribution in [2.45, 2.75) is 12.7 Å². The molecule has 1 fully saturated rings. The number of aliphatic hydroxyl groups excluding tert-OH is 2. The smallest absolute Gasteiger partial charge is 0.254 e. The van der Waals surface area contributed by atoms with Crippen LogP contribution in [0.4, 0.5) is 0 Å². The minimum Gasteiger partial charge on any atom is -0.394 e. The quantitative estimate of drug-likeness (QED) is 0.794. The number of amides is 1. The van der Waals surface area contributed by atoms with Crippen molar-refractivity contribution < 1.29 is 19.7 Å². The normalized spacial score (nSPS) is 19.9. The number of carbonyl (C=O) groups excluding carboxylic acids is 1. The van der Waals surface area contributed by atoms with Gasteiger partial charge in [0.25, 0.3) is 5.91 Å². The van der Waals surface area contributed by atoms with E-state index in [1.165, 1.54) is 0 Å². The van der Waals surface area contributed by atoms with E-state index in [0.717, 1.165) is 5.56 Å². The molecule has 1 aromatic carbocycles. The summed E-state index contributed by atoms with van der Waals surface area (Å²) in [4.78, 5) is 13.9. The minimum absolute atomic E-state index is 0.0292. The van der Waals surface area contributed by atoms with Gasteiger partial charge in [0.1, 0.15) is 0 Å². The zero-order valence-electron chi connectivity index (χ0n) is 10.1. The van der Waals surface area contributed by atoms with Crippen LogP contribution in [-0.4, -0.2) is 53.4 Å². The molecule has 1 atom stereocenters. The van der Waals surface area contributed by atoms with Gasteiger partial charge in [-0.1, -0.05) is 12.1 Å². The first-order valence-corrected chi connectivity index (χ1v) is 5.96. The zero-order valence-corrected chi connectivity index (χ0v) is 10.1. The van der Waals surface area contributed by atoms with Gasteiger partial charge >= 0.3 is 0 Å². The molecule has 0 spiro atoms. The number of hydrogen-bond donors (Lipinski definition) is 2. The van der Waals surface area contributed by atoms with Gasteiger partial charge in [0.15, 0.2) is 0 Å². The zero-order chi connectivity index (χ0) is 13.0. The third-order valence-corrected chi connectivity index (χ3v) is 3.01. The maximum atomic E-state index is 12.2. The molecule has 98 valence electrons. The van der Waals surface area contributed by atoms with Crippen LogP contribution in [0.3, 0.4) is 0 Å². The van der Waals surface area contributed by atoms with E-state index in [1.807, 2.05) is 0 Å². The van der Waals surface area contributed by atoms with Crippen molar-refractivity contribution in [2.24, 2.45) is 0 Å². The molecule has 2 N–H and O–H groups in total. The lowest BCUT2D eigenvalue weighted by molar-refractivity contribution is -0.0447. The van der Waals surface area contributed by atoms with Gasteiger partial charge in [0.05, 0.1) is 25.9 Å². The van der Waals surface area contributed by atoms with E-state index in [2.05, 4.69) is 0 Å². The second-order valence-corrected chi connectivity index (χ2v) is 4.28. The fourth-order valence-corrected chi connectivity index (χ4v) is 1.95. The Bertz CT molecular complexity index is 404. The van der Waals surface area contributed by atoms with Crippen molar-refractivity contribution in [3.63, 3.8) is 0 Å². The van der Waals surface area contributed by atoms with Crippen LogP contribution in [0, 0.1) is 0 Å². The van der Waals surface area contributed by atoms with Gasteiger partial charge in [-0.3, -0.25) is 4.79 Å². The van der Waals surface area contributed by atoms with Crippen LogP contribution in [0.15, 0.2) is 24.3 Å². The molecule has 1 aromatic rings. The van der Waals surface area contributed by atoms with E-state index in [0.29, 0.717) is 25.3 Å². The Morgan fingerprint density at radius 1 is 1.33 bits per heavy atom. The lowest BCUT2D eigenvalue weighted by Crippen LogP contribution is -2.46. The minimum atomic E-state index is -0.292. The lowest BCUT2D eigenvalue weighted by Gasteiger charge is -2.32. The van der Waals surface area contributed by atoms with Crippen molar-refractivity contribution in [1.82, 2.24) is 4.90 Å². The standard InChI is InChI=1S/C13H17NO4/c15-8-10-1-3-11(4-2-10)13(17)14-5-6-18-12(7-14)9-16/h1-4,12,15-16H,5-9H2. The third-order valence-electron chi connectivity index (χ3n) is 3.01. The summed E-state index contributed by atoms with van der Waals surface area (Å²) < 4.78 is 5.30. The van der Waals surface area contributed by atoms with E-state index in [9.17, 15) is 4.79 Å². The number of benzene rings is 1. The summed E-state index contributed by atoms with van der Waals surface area (Å²) >= 11 is 0. The molecule has 5 nitrogen and oxygen atoms in total. The highest BCUT2D eigenvalue weighted by Crippen LogP contribution is 2.11. The maximum absolute atomic E-state index is 12.2. The van der Waals surface area contributed by atoms with E-state index in [4.69, 9.17) is 14.9 Å². The van der Waals surface area contributed by atoms with Gasteiger partial charge in [-0.15, -0.1) is 0 Å². The van der Waals surface area contributed by atoms with Crippen molar-refractivity contribution in [3.8, 4) is 0 Å². The Morgan fingerprint density at radius 3 is 2.67 bits per heavy atom. The summed E-state index contributed by atoms with van der Waals surface area (Å²) in [5.74, 6) is -0.0683. The highest BCUT2D eigenvalue weighted by Gasteiger charge is 2.24. The monoisotopic (exact) mass is 251 g/mol. The largest absolute Gasteiger partial charge is 0.394 e. The van der Waals surface area contributed by atoms with Gasteiger partial charge in [0, 0.05) is 18.7 Å². The molecule has 0 bridgehead atoms. The summed E-state index contributed by atoms with van der Waals surface area (Å²) in [7, 11) is 0. The molecule has 18 heavy (non-hydrogen) atoms. The number of hydrogen-bond acceptors (Lipinski definition) is 4. The second-order valence-electron chi connectivity index (χ2n) is 4.28. The highest BCUT2D eigenvalue weighted by atomic mass is 16.5. The number of carbonyl (C=O) groups is 1. The second kappa shape index (κ2) is 5.95. The Hall–Kier alpha value is -1.43. The molecule has 1 amide bonds. The number of aliphatic hydroxyl groups is 2. The molecular formula is C13H17NO4. The van der Waals surface area contributed by atoms with Crippen LogP contribution in [0.5, 0.6) is 0 Å². The summed E-state index contributed by atoms with van der Waals surface area (Å²) in [6, 6.07) is 6.88. The Kier molecular flexibility index (Phi) is 4.30. The van der Waals surface area contributed by atoms with Crippen LogP contribution < -0.4 is 0 Å². The summed E-state index contributed by atoms with van der Waals surface area (Å²) in [5.41, 5.74) is 1.37. The van der Waals surface area contributed by atoms with Crippen molar-refractivity contribution in [1.29, 1.82) is 0 Å². The van der Waals surface area contributed by atoms with E-state index in [1.54, 1.807) is 29.2 Å². The first kappa shape index (κ1) is 13.0. The van der Waals surface area contributed by atoms with Crippen molar-refractivity contribution in [2.75, 3.05) is 26.3 Å². The van der Waals surface area contributed by atoms with Crippen molar-refractivity contribution in [3.05, 3.63) is 35.4 Å². The molecule has 5 heteroatoms. The maximum Gasteiger partial charge on any atom is 0.254 e. The van der Waals surface area contributed by atoms with Crippen LogP contribution >= 0.6 is 0 Å². The Balaban J connectivity index is 2.05. The van der Waals surface area contributed by atoms with Crippen LogP contribution in [0.2, 0.25) is 0 Å². The molecule has 0 radical (unpaired) electrons.